The first-order valence-corrected chi connectivity index (χ1v) is 4.62. The van der Waals surface area contributed by atoms with Crippen LogP contribution >= 0.6 is 0 Å². The number of hydrogen-bond acceptors (Lipinski definition) is 4. The van der Waals surface area contributed by atoms with Gasteiger partial charge in [-0.1, -0.05) is 6.42 Å². The van der Waals surface area contributed by atoms with Crippen molar-refractivity contribution in [3.8, 4) is 0 Å². The molecule has 0 aliphatic heterocycles. The molecule has 13 heavy (non-hydrogen) atoms. The molecule has 0 aromatic carbocycles. The van der Waals surface area contributed by atoms with Crippen LogP contribution in [0.5, 0.6) is 0 Å². The van der Waals surface area contributed by atoms with Gasteiger partial charge in [-0.2, -0.15) is 0 Å². The lowest BCUT2D eigenvalue weighted by atomic mass is 9.63. The number of methoxy groups -OCH3 is 2. The van der Waals surface area contributed by atoms with Crippen molar-refractivity contribution in [3.05, 3.63) is 0 Å². The highest BCUT2D eigenvalue weighted by Gasteiger charge is 2.39. The maximum Gasteiger partial charge on any atom is 0.457 e. The Labute approximate surface area is 79.0 Å². The van der Waals surface area contributed by atoms with Crippen molar-refractivity contribution in [2.45, 2.75) is 37.3 Å². The third kappa shape index (κ3) is 2.43. The molecule has 0 saturated heterocycles. The molecule has 2 N–H and O–H groups in total. The Hall–Kier alpha value is -0.0951. The minimum absolute atomic E-state index is 0.00875. The zero-order chi connectivity index (χ0) is 9.84. The Morgan fingerprint density at radius 3 is 2.31 bits per heavy atom. The molecule has 3 atom stereocenters. The fourth-order valence-corrected chi connectivity index (χ4v) is 2.06. The summed E-state index contributed by atoms with van der Waals surface area (Å²) in [5.74, 6) is -0.219. The van der Waals surface area contributed by atoms with Crippen LogP contribution in [0.4, 0.5) is 0 Å². The van der Waals surface area contributed by atoms with E-state index in [1.165, 1.54) is 0 Å². The summed E-state index contributed by atoms with van der Waals surface area (Å²) in [6.45, 7) is 0. The standard InChI is InChI=1S/C8H17BO4/c1-12-7-5-3-4-6(9(10)11)8(7)13-2/h6-8,10-11H,3-5H2,1-2H3. The molecule has 0 aromatic heterocycles. The van der Waals surface area contributed by atoms with Crippen molar-refractivity contribution >= 4 is 7.12 Å². The van der Waals surface area contributed by atoms with Gasteiger partial charge < -0.3 is 19.5 Å². The van der Waals surface area contributed by atoms with Gasteiger partial charge in [0.15, 0.2) is 0 Å². The average Bonchev–Trinajstić information content (AvgIpc) is 2.16. The molecule has 0 spiro atoms. The largest absolute Gasteiger partial charge is 0.457 e. The summed E-state index contributed by atoms with van der Waals surface area (Å²) in [6, 6.07) is 0. The zero-order valence-corrected chi connectivity index (χ0v) is 8.14. The maximum absolute atomic E-state index is 9.11. The minimum atomic E-state index is -1.30. The van der Waals surface area contributed by atoms with E-state index in [2.05, 4.69) is 0 Å². The summed E-state index contributed by atoms with van der Waals surface area (Å²) in [7, 11) is 1.91. The van der Waals surface area contributed by atoms with Crippen LogP contribution < -0.4 is 0 Å². The number of rotatable bonds is 3. The van der Waals surface area contributed by atoms with Gasteiger partial charge in [0, 0.05) is 20.0 Å². The normalized spacial score (nSPS) is 34.6. The lowest BCUT2D eigenvalue weighted by Crippen LogP contribution is -2.43. The highest BCUT2D eigenvalue weighted by Crippen LogP contribution is 2.33. The predicted molar refractivity (Wildman–Crippen MR) is 49.4 cm³/mol. The Kier molecular flexibility index (Phi) is 4.19. The molecule has 0 heterocycles. The minimum Gasteiger partial charge on any atom is -0.427 e. The molecule has 1 aliphatic carbocycles. The van der Waals surface area contributed by atoms with Gasteiger partial charge in [-0.15, -0.1) is 0 Å². The molecule has 0 radical (unpaired) electrons. The first-order chi connectivity index (χ1) is 6.20. The van der Waals surface area contributed by atoms with Gasteiger partial charge in [-0.05, 0) is 12.8 Å². The van der Waals surface area contributed by atoms with Crippen LogP contribution in [0.15, 0.2) is 0 Å². The lowest BCUT2D eigenvalue weighted by molar-refractivity contribution is -0.0617. The summed E-state index contributed by atoms with van der Waals surface area (Å²) >= 11 is 0. The molecule has 0 bridgehead atoms. The average molecular weight is 188 g/mol. The number of hydrogen-bond donors (Lipinski definition) is 2. The summed E-state index contributed by atoms with van der Waals surface area (Å²) in [6.07, 6.45) is 2.47. The second-order valence-electron chi connectivity index (χ2n) is 3.48. The molecule has 76 valence electrons. The van der Waals surface area contributed by atoms with E-state index in [1.807, 2.05) is 0 Å². The van der Waals surface area contributed by atoms with Crippen molar-refractivity contribution in [2.75, 3.05) is 14.2 Å². The fraction of sp³-hybridized carbons (Fsp3) is 1.00. The Balaban J connectivity index is 2.61. The molecule has 0 amide bonds. The summed E-state index contributed by atoms with van der Waals surface area (Å²) in [4.78, 5) is 0. The van der Waals surface area contributed by atoms with Gasteiger partial charge in [0.2, 0.25) is 0 Å². The van der Waals surface area contributed by atoms with Gasteiger partial charge >= 0.3 is 7.12 Å². The highest BCUT2D eigenvalue weighted by molar-refractivity contribution is 6.43. The first-order valence-electron chi connectivity index (χ1n) is 4.62. The molecule has 4 nitrogen and oxygen atoms in total. The summed E-state index contributed by atoms with van der Waals surface area (Å²) in [5, 5.41) is 18.2. The van der Waals surface area contributed by atoms with Crippen LogP contribution in [-0.4, -0.2) is 43.6 Å². The Morgan fingerprint density at radius 1 is 1.15 bits per heavy atom. The van der Waals surface area contributed by atoms with E-state index in [1.54, 1.807) is 14.2 Å². The van der Waals surface area contributed by atoms with E-state index >= 15 is 0 Å². The van der Waals surface area contributed by atoms with Gasteiger partial charge in [-0.25, -0.2) is 0 Å². The van der Waals surface area contributed by atoms with Crippen LogP contribution in [0.25, 0.3) is 0 Å². The Bertz CT molecular complexity index is 153. The molecule has 1 fully saturated rings. The van der Waals surface area contributed by atoms with Gasteiger partial charge in [-0.3, -0.25) is 0 Å². The molecular weight excluding hydrogens is 171 g/mol. The van der Waals surface area contributed by atoms with Crippen molar-refractivity contribution in [1.82, 2.24) is 0 Å². The third-order valence-electron chi connectivity index (χ3n) is 2.77. The van der Waals surface area contributed by atoms with E-state index in [0.717, 1.165) is 19.3 Å². The van der Waals surface area contributed by atoms with Gasteiger partial charge in [0.05, 0.1) is 12.2 Å². The summed E-state index contributed by atoms with van der Waals surface area (Å²) < 4.78 is 10.5. The SMILES string of the molecule is COC1CCCC(B(O)O)C1OC. The fourth-order valence-electron chi connectivity index (χ4n) is 2.06. The predicted octanol–water partition coefficient (Wildman–Crippen LogP) is 0.0433. The highest BCUT2D eigenvalue weighted by atomic mass is 16.5. The van der Waals surface area contributed by atoms with Gasteiger partial charge in [0.1, 0.15) is 0 Å². The van der Waals surface area contributed by atoms with E-state index < -0.39 is 7.12 Å². The van der Waals surface area contributed by atoms with Crippen LogP contribution in [0.3, 0.4) is 0 Å². The zero-order valence-electron chi connectivity index (χ0n) is 8.14. The van der Waals surface area contributed by atoms with Gasteiger partial charge in [0.25, 0.3) is 0 Å². The van der Waals surface area contributed by atoms with E-state index in [9.17, 15) is 0 Å². The molecular formula is C8H17BO4. The maximum atomic E-state index is 9.11. The molecule has 1 aliphatic rings. The van der Waals surface area contributed by atoms with Crippen LogP contribution in [0, 0.1) is 0 Å². The monoisotopic (exact) mass is 188 g/mol. The van der Waals surface area contributed by atoms with Crippen LogP contribution in [0.1, 0.15) is 19.3 Å². The second-order valence-corrected chi connectivity index (χ2v) is 3.48. The van der Waals surface area contributed by atoms with Crippen LogP contribution in [-0.2, 0) is 9.47 Å². The number of ether oxygens (including phenoxy) is 2. The third-order valence-corrected chi connectivity index (χ3v) is 2.77. The lowest BCUT2D eigenvalue weighted by Gasteiger charge is -2.35. The van der Waals surface area contributed by atoms with Crippen molar-refractivity contribution < 1.29 is 19.5 Å². The molecule has 5 heteroatoms. The Morgan fingerprint density at radius 2 is 1.85 bits per heavy atom. The second kappa shape index (κ2) is 4.95. The van der Waals surface area contributed by atoms with Crippen LogP contribution in [0.2, 0.25) is 5.82 Å². The molecule has 3 unspecified atom stereocenters. The molecule has 0 aromatic rings. The topological polar surface area (TPSA) is 58.9 Å². The quantitative estimate of drug-likeness (QED) is 0.614. The van der Waals surface area contributed by atoms with E-state index in [4.69, 9.17) is 19.5 Å². The van der Waals surface area contributed by atoms with Crippen molar-refractivity contribution in [3.63, 3.8) is 0 Å². The molecule has 1 saturated carbocycles. The summed E-state index contributed by atoms with van der Waals surface area (Å²) in [5.41, 5.74) is 0. The van der Waals surface area contributed by atoms with E-state index in [-0.39, 0.29) is 18.0 Å². The smallest absolute Gasteiger partial charge is 0.427 e. The van der Waals surface area contributed by atoms with Crippen molar-refractivity contribution in [1.29, 1.82) is 0 Å². The van der Waals surface area contributed by atoms with Crippen molar-refractivity contribution in [2.24, 2.45) is 0 Å². The van der Waals surface area contributed by atoms with E-state index in [0.29, 0.717) is 0 Å². The first kappa shape index (κ1) is 11.0. The molecule has 1 rings (SSSR count).